The molecule has 0 heterocycles. The van der Waals surface area contributed by atoms with Crippen LogP contribution in [0.3, 0.4) is 0 Å². The van der Waals surface area contributed by atoms with Gasteiger partial charge in [-0.2, -0.15) is 0 Å². The molecule has 0 aromatic heterocycles. The van der Waals surface area contributed by atoms with Crippen LogP contribution in [0, 0.1) is 17.8 Å². The van der Waals surface area contributed by atoms with E-state index in [0.717, 1.165) is 23.3 Å². The third-order valence-corrected chi connectivity index (χ3v) is 7.58. The zero-order chi connectivity index (χ0) is 19.1. The SMILES string of the molecule is NS(=O)(=O)c1ccc(CCNC(=O)CNC23CC4CC(CC(C4)C2)C3)cc1. The van der Waals surface area contributed by atoms with Crippen LogP contribution in [0.5, 0.6) is 0 Å². The molecule has 0 aliphatic heterocycles. The highest BCUT2D eigenvalue weighted by Crippen LogP contribution is 2.55. The van der Waals surface area contributed by atoms with E-state index in [-0.39, 0.29) is 16.3 Å². The molecule has 5 rings (SSSR count). The Bertz CT molecular complexity index is 769. The predicted octanol–water partition coefficient (Wildman–Crippen LogP) is 1.55. The molecular weight excluding hydrogens is 362 g/mol. The number of hydrogen-bond acceptors (Lipinski definition) is 4. The molecule has 0 unspecified atom stereocenters. The van der Waals surface area contributed by atoms with Crippen molar-refractivity contribution in [1.29, 1.82) is 0 Å². The van der Waals surface area contributed by atoms with Gasteiger partial charge in [-0.15, -0.1) is 0 Å². The fraction of sp³-hybridized carbons (Fsp3) is 0.650. The molecule has 4 N–H and O–H groups in total. The highest BCUT2D eigenvalue weighted by atomic mass is 32.2. The second kappa shape index (κ2) is 7.18. The van der Waals surface area contributed by atoms with Crippen LogP contribution in [-0.4, -0.2) is 33.0 Å². The van der Waals surface area contributed by atoms with Gasteiger partial charge in [0.15, 0.2) is 0 Å². The van der Waals surface area contributed by atoms with Gasteiger partial charge in [-0.25, -0.2) is 13.6 Å². The Morgan fingerprint density at radius 3 is 2.11 bits per heavy atom. The third-order valence-electron chi connectivity index (χ3n) is 6.65. The molecule has 4 fully saturated rings. The number of sulfonamides is 1. The lowest BCUT2D eigenvalue weighted by molar-refractivity contribution is -0.121. The van der Waals surface area contributed by atoms with Crippen LogP contribution in [0.15, 0.2) is 29.2 Å². The number of carbonyl (C=O) groups is 1. The number of rotatable bonds is 7. The Balaban J connectivity index is 1.21. The van der Waals surface area contributed by atoms with E-state index in [2.05, 4.69) is 10.6 Å². The molecular formula is C20H29N3O3S. The van der Waals surface area contributed by atoms with Crippen molar-refractivity contribution in [2.24, 2.45) is 22.9 Å². The zero-order valence-electron chi connectivity index (χ0n) is 15.6. The molecule has 0 radical (unpaired) electrons. The number of amides is 1. The molecule has 1 amide bonds. The van der Waals surface area contributed by atoms with Crippen molar-refractivity contribution in [2.45, 2.75) is 55.4 Å². The van der Waals surface area contributed by atoms with E-state index in [1.54, 1.807) is 12.1 Å². The first-order chi connectivity index (χ1) is 12.8. The highest BCUT2D eigenvalue weighted by Gasteiger charge is 2.50. The Labute approximate surface area is 161 Å². The molecule has 148 valence electrons. The van der Waals surface area contributed by atoms with Gasteiger partial charge < -0.3 is 10.6 Å². The van der Waals surface area contributed by atoms with Crippen molar-refractivity contribution < 1.29 is 13.2 Å². The van der Waals surface area contributed by atoms with Gasteiger partial charge in [-0.05, 0) is 80.4 Å². The van der Waals surface area contributed by atoms with Crippen molar-refractivity contribution >= 4 is 15.9 Å². The highest BCUT2D eigenvalue weighted by molar-refractivity contribution is 7.89. The Hall–Kier alpha value is -1.44. The fourth-order valence-corrected chi connectivity index (χ4v) is 6.36. The largest absolute Gasteiger partial charge is 0.355 e. The number of hydrogen-bond donors (Lipinski definition) is 3. The van der Waals surface area contributed by atoms with Gasteiger partial charge in [-0.1, -0.05) is 12.1 Å². The Morgan fingerprint density at radius 2 is 1.59 bits per heavy atom. The molecule has 0 saturated heterocycles. The van der Waals surface area contributed by atoms with E-state index < -0.39 is 10.0 Å². The summed E-state index contributed by atoms with van der Waals surface area (Å²) in [5.74, 6) is 2.64. The van der Waals surface area contributed by atoms with Crippen LogP contribution in [0.25, 0.3) is 0 Å². The van der Waals surface area contributed by atoms with Crippen LogP contribution in [0.2, 0.25) is 0 Å². The summed E-state index contributed by atoms with van der Waals surface area (Å²) in [6.07, 6.45) is 8.58. The second-order valence-electron chi connectivity index (χ2n) is 8.84. The first-order valence-electron chi connectivity index (χ1n) is 9.95. The molecule has 1 aromatic rings. The summed E-state index contributed by atoms with van der Waals surface area (Å²) in [4.78, 5) is 12.3. The van der Waals surface area contributed by atoms with Gasteiger partial charge in [0.1, 0.15) is 0 Å². The van der Waals surface area contributed by atoms with Crippen LogP contribution in [0.1, 0.15) is 44.1 Å². The van der Waals surface area contributed by atoms with Gasteiger partial charge in [0, 0.05) is 12.1 Å². The van der Waals surface area contributed by atoms with Gasteiger partial charge in [0.05, 0.1) is 11.4 Å². The summed E-state index contributed by atoms with van der Waals surface area (Å²) in [5, 5.41) is 11.7. The average Bonchev–Trinajstić information content (AvgIpc) is 2.59. The number of primary sulfonamides is 1. The molecule has 6 nitrogen and oxygen atoms in total. The predicted molar refractivity (Wildman–Crippen MR) is 103 cm³/mol. The van der Waals surface area contributed by atoms with Crippen molar-refractivity contribution in [3.8, 4) is 0 Å². The molecule has 4 saturated carbocycles. The molecule has 4 bridgehead atoms. The zero-order valence-corrected chi connectivity index (χ0v) is 16.4. The molecule has 0 atom stereocenters. The fourth-order valence-electron chi connectivity index (χ4n) is 5.85. The minimum atomic E-state index is -3.66. The summed E-state index contributed by atoms with van der Waals surface area (Å²) in [5.41, 5.74) is 1.17. The van der Waals surface area contributed by atoms with Gasteiger partial charge in [-0.3, -0.25) is 4.79 Å². The van der Waals surface area contributed by atoms with E-state index in [4.69, 9.17) is 5.14 Å². The lowest BCUT2D eigenvalue weighted by atomic mass is 9.53. The first-order valence-corrected chi connectivity index (χ1v) is 11.5. The lowest BCUT2D eigenvalue weighted by Gasteiger charge is -2.57. The molecule has 27 heavy (non-hydrogen) atoms. The molecule has 4 aliphatic carbocycles. The van der Waals surface area contributed by atoms with Gasteiger partial charge >= 0.3 is 0 Å². The van der Waals surface area contributed by atoms with E-state index in [9.17, 15) is 13.2 Å². The van der Waals surface area contributed by atoms with Crippen molar-refractivity contribution in [3.05, 3.63) is 29.8 Å². The van der Waals surface area contributed by atoms with Crippen LogP contribution in [-0.2, 0) is 21.2 Å². The van der Waals surface area contributed by atoms with E-state index >= 15 is 0 Å². The maximum atomic E-state index is 12.2. The number of benzene rings is 1. The summed E-state index contributed by atoms with van der Waals surface area (Å²) in [6, 6.07) is 6.47. The summed E-state index contributed by atoms with van der Waals surface area (Å²) >= 11 is 0. The Kier molecular flexibility index (Phi) is 5.03. The van der Waals surface area contributed by atoms with Crippen molar-refractivity contribution in [3.63, 3.8) is 0 Å². The van der Waals surface area contributed by atoms with E-state index in [0.29, 0.717) is 19.5 Å². The molecule has 0 spiro atoms. The smallest absolute Gasteiger partial charge is 0.238 e. The number of nitrogens with two attached hydrogens (primary N) is 1. The minimum absolute atomic E-state index is 0.0342. The van der Waals surface area contributed by atoms with Crippen LogP contribution in [0.4, 0.5) is 0 Å². The topological polar surface area (TPSA) is 101 Å². The number of carbonyl (C=O) groups excluding carboxylic acids is 1. The van der Waals surface area contributed by atoms with E-state index in [1.165, 1.54) is 50.7 Å². The maximum Gasteiger partial charge on any atom is 0.238 e. The summed E-state index contributed by atoms with van der Waals surface area (Å²) in [7, 11) is -3.66. The van der Waals surface area contributed by atoms with Crippen molar-refractivity contribution in [2.75, 3.05) is 13.1 Å². The molecule has 7 heteroatoms. The van der Waals surface area contributed by atoms with Crippen LogP contribution < -0.4 is 15.8 Å². The molecule has 1 aromatic carbocycles. The standard InChI is InChI=1S/C20H29N3O3S/c21-27(25,26)18-3-1-14(2-4-18)5-6-22-19(24)13-23-20-10-15-7-16(11-20)9-17(8-15)12-20/h1-4,15-17,23H,5-13H2,(H,22,24)(H2,21,25,26). The van der Waals surface area contributed by atoms with Crippen LogP contribution >= 0.6 is 0 Å². The van der Waals surface area contributed by atoms with Crippen molar-refractivity contribution in [1.82, 2.24) is 10.6 Å². The third kappa shape index (κ3) is 4.36. The van der Waals surface area contributed by atoms with E-state index in [1.807, 2.05) is 0 Å². The first kappa shape index (κ1) is 18.9. The van der Waals surface area contributed by atoms with Gasteiger partial charge in [0.25, 0.3) is 0 Å². The monoisotopic (exact) mass is 391 g/mol. The summed E-state index contributed by atoms with van der Waals surface area (Å²) in [6.45, 7) is 0.923. The Morgan fingerprint density at radius 1 is 1.04 bits per heavy atom. The summed E-state index contributed by atoms with van der Waals surface area (Å²) < 4.78 is 22.5. The lowest BCUT2D eigenvalue weighted by Crippen LogP contribution is -2.59. The number of nitrogens with one attached hydrogen (secondary N) is 2. The quantitative estimate of drug-likeness (QED) is 0.656. The maximum absolute atomic E-state index is 12.2. The van der Waals surface area contributed by atoms with Gasteiger partial charge in [0.2, 0.25) is 15.9 Å². The average molecular weight is 392 g/mol. The normalized spacial score (nSPS) is 31.8. The molecule has 4 aliphatic rings. The minimum Gasteiger partial charge on any atom is -0.355 e. The second-order valence-corrected chi connectivity index (χ2v) is 10.4.